The van der Waals surface area contributed by atoms with Gasteiger partial charge in [-0.1, -0.05) is 18.2 Å². The Morgan fingerprint density at radius 3 is 2.56 bits per heavy atom. The zero-order chi connectivity index (χ0) is 11.4. The van der Waals surface area contributed by atoms with Crippen molar-refractivity contribution in [2.75, 3.05) is 18.0 Å². The third kappa shape index (κ3) is 2.54. The molecule has 1 amide bonds. The molecule has 0 aromatic heterocycles. The summed E-state index contributed by atoms with van der Waals surface area (Å²) in [7, 11) is 0. The summed E-state index contributed by atoms with van der Waals surface area (Å²) in [5.74, 6) is -0.260. The van der Waals surface area contributed by atoms with Crippen molar-refractivity contribution in [1.82, 2.24) is 0 Å². The summed E-state index contributed by atoms with van der Waals surface area (Å²) < 4.78 is 0. The Bertz CT molecular complexity index is 370. The molecule has 0 atom stereocenters. The zero-order valence-electron chi connectivity index (χ0n) is 9.48. The van der Waals surface area contributed by atoms with E-state index < -0.39 is 0 Å². The molecule has 2 N–H and O–H groups in total. The van der Waals surface area contributed by atoms with E-state index in [0.717, 1.165) is 18.7 Å². The van der Waals surface area contributed by atoms with E-state index in [1.807, 2.05) is 18.2 Å². The molecule has 0 aliphatic carbocycles. The first-order valence-electron chi connectivity index (χ1n) is 5.88. The summed E-state index contributed by atoms with van der Waals surface area (Å²) in [5.41, 5.74) is 7.50. The van der Waals surface area contributed by atoms with Crippen molar-refractivity contribution in [2.45, 2.75) is 25.7 Å². The van der Waals surface area contributed by atoms with Crippen LogP contribution in [-0.2, 0) is 11.2 Å². The third-order valence-corrected chi connectivity index (χ3v) is 3.05. The Morgan fingerprint density at radius 1 is 1.19 bits per heavy atom. The summed E-state index contributed by atoms with van der Waals surface area (Å²) in [6.45, 7) is 2.19. The van der Waals surface area contributed by atoms with E-state index in [1.54, 1.807) is 0 Å². The lowest BCUT2D eigenvalue weighted by Gasteiger charge is -2.30. The van der Waals surface area contributed by atoms with Crippen molar-refractivity contribution in [1.29, 1.82) is 0 Å². The van der Waals surface area contributed by atoms with Crippen LogP contribution in [0.3, 0.4) is 0 Å². The zero-order valence-corrected chi connectivity index (χ0v) is 9.48. The highest BCUT2D eigenvalue weighted by Crippen LogP contribution is 2.24. The van der Waals surface area contributed by atoms with Crippen molar-refractivity contribution < 1.29 is 4.79 Å². The van der Waals surface area contributed by atoms with E-state index in [9.17, 15) is 4.79 Å². The normalized spacial score (nSPS) is 16.1. The van der Waals surface area contributed by atoms with Crippen LogP contribution in [0, 0.1) is 0 Å². The third-order valence-electron chi connectivity index (χ3n) is 3.05. The Labute approximate surface area is 96.2 Å². The number of rotatable bonds is 3. The van der Waals surface area contributed by atoms with Crippen molar-refractivity contribution >= 4 is 11.6 Å². The van der Waals surface area contributed by atoms with Gasteiger partial charge < -0.3 is 10.6 Å². The maximum absolute atomic E-state index is 11.0. The molecule has 1 aromatic rings. The summed E-state index contributed by atoms with van der Waals surface area (Å²) in [6.07, 6.45) is 4.14. The summed E-state index contributed by atoms with van der Waals surface area (Å²) in [4.78, 5) is 13.4. The molecule has 3 heteroatoms. The molecular weight excluding hydrogens is 200 g/mol. The minimum absolute atomic E-state index is 0.260. The van der Waals surface area contributed by atoms with Crippen LogP contribution in [0.15, 0.2) is 24.3 Å². The molecule has 1 aliphatic rings. The summed E-state index contributed by atoms with van der Waals surface area (Å²) in [6, 6.07) is 8.07. The molecule has 0 unspecified atom stereocenters. The molecule has 16 heavy (non-hydrogen) atoms. The van der Waals surface area contributed by atoms with E-state index in [4.69, 9.17) is 5.73 Å². The minimum Gasteiger partial charge on any atom is -0.371 e. The van der Waals surface area contributed by atoms with Crippen molar-refractivity contribution in [3.05, 3.63) is 29.8 Å². The number of amides is 1. The second-order valence-electron chi connectivity index (χ2n) is 4.32. The van der Waals surface area contributed by atoms with E-state index in [0.29, 0.717) is 6.42 Å². The highest BCUT2D eigenvalue weighted by Gasteiger charge is 2.14. The topological polar surface area (TPSA) is 46.3 Å². The number of hydrogen-bond donors (Lipinski definition) is 1. The average Bonchev–Trinajstić information content (AvgIpc) is 2.30. The predicted octanol–water partition coefficient (Wildman–Crippen LogP) is 1.70. The highest BCUT2D eigenvalue weighted by molar-refractivity contribution is 5.79. The Balaban J connectivity index is 2.20. The van der Waals surface area contributed by atoms with Gasteiger partial charge in [0.25, 0.3) is 0 Å². The van der Waals surface area contributed by atoms with Gasteiger partial charge in [0.1, 0.15) is 0 Å². The van der Waals surface area contributed by atoms with Crippen molar-refractivity contribution in [3.63, 3.8) is 0 Å². The van der Waals surface area contributed by atoms with Gasteiger partial charge in [0.2, 0.25) is 5.91 Å². The number of carbonyl (C=O) groups is 1. The second-order valence-corrected chi connectivity index (χ2v) is 4.32. The molecule has 1 saturated heterocycles. The van der Waals surface area contributed by atoms with Crippen LogP contribution in [0.25, 0.3) is 0 Å². The molecule has 2 rings (SSSR count). The number of hydrogen-bond acceptors (Lipinski definition) is 2. The molecule has 3 nitrogen and oxygen atoms in total. The maximum Gasteiger partial charge on any atom is 0.221 e. The molecule has 0 bridgehead atoms. The van der Waals surface area contributed by atoms with Gasteiger partial charge >= 0.3 is 0 Å². The number of benzene rings is 1. The van der Waals surface area contributed by atoms with Crippen LogP contribution >= 0.6 is 0 Å². The Kier molecular flexibility index (Phi) is 3.44. The van der Waals surface area contributed by atoms with Crippen LogP contribution in [0.1, 0.15) is 24.8 Å². The lowest BCUT2D eigenvalue weighted by molar-refractivity contribution is -0.117. The van der Waals surface area contributed by atoms with Gasteiger partial charge in [-0.3, -0.25) is 4.79 Å². The van der Waals surface area contributed by atoms with Gasteiger partial charge in [0, 0.05) is 18.8 Å². The molecule has 86 valence electrons. The molecule has 1 heterocycles. The Hall–Kier alpha value is -1.51. The number of primary amides is 1. The largest absolute Gasteiger partial charge is 0.371 e. The first kappa shape index (κ1) is 11.0. The lowest BCUT2D eigenvalue weighted by Crippen LogP contribution is -2.30. The van der Waals surface area contributed by atoms with Gasteiger partial charge in [-0.25, -0.2) is 0 Å². The number of nitrogens with two attached hydrogens (primary N) is 1. The van der Waals surface area contributed by atoms with Gasteiger partial charge in [0.15, 0.2) is 0 Å². The van der Waals surface area contributed by atoms with Gasteiger partial charge in [-0.15, -0.1) is 0 Å². The fraction of sp³-hybridized carbons (Fsp3) is 0.462. The average molecular weight is 218 g/mol. The van der Waals surface area contributed by atoms with E-state index in [-0.39, 0.29) is 5.91 Å². The van der Waals surface area contributed by atoms with E-state index >= 15 is 0 Å². The van der Waals surface area contributed by atoms with Crippen LogP contribution in [0.4, 0.5) is 5.69 Å². The number of nitrogens with zero attached hydrogens (tertiary/aromatic N) is 1. The monoisotopic (exact) mass is 218 g/mol. The summed E-state index contributed by atoms with van der Waals surface area (Å²) in [5, 5.41) is 0. The predicted molar refractivity (Wildman–Crippen MR) is 65.4 cm³/mol. The maximum atomic E-state index is 11.0. The Morgan fingerprint density at radius 2 is 1.88 bits per heavy atom. The second kappa shape index (κ2) is 5.01. The van der Waals surface area contributed by atoms with Crippen molar-refractivity contribution in [2.24, 2.45) is 5.73 Å². The fourth-order valence-electron chi connectivity index (χ4n) is 2.29. The van der Waals surface area contributed by atoms with Crippen LogP contribution in [-0.4, -0.2) is 19.0 Å². The van der Waals surface area contributed by atoms with E-state index in [2.05, 4.69) is 11.0 Å². The lowest BCUT2D eigenvalue weighted by atomic mass is 10.1. The van der Waals surface area contributed by atoms with Crippen LogP contribution in [0.5, 0.6) is 0 Å². The molecule has 1 fully saturated rings. The highest BCUT2D eigenvalue weighted by atomic mass is 16.1. The van der Waals surface area contributed by atoms with Gasteiger partial charge in [0.05, 0.1) is 6.42 Å². The van der Waals surface area contributed by atoms with Crippen molar-refractivity contribution in [3.8, 4) is 0 Å². The van der Waals surface area contributed by atoms with Gasteiger partial charge in [-0.2, -0.15) is 0 Å². The molecule has 0 radical (unpaired) electrons. The number of anilines is 1. The molecule has 1 aromatic carbocycles. The summed E-state index contributed by atoms with van der Waals surface area (Å²) >= 11 is 0. The van der Waals surface area contributed by atoms with Crippen LogP contribution in [0.2, 0.25) is 0 Å². The molecular formula is C13H18N2O. The molecule has 0 spiro atoms. The molecule has 0 saturated carbocycles. The first-order chi connectivity index (χ1) is 7.77. The van der Waals surface area contributed by atoms with E-state index in [1.165, 1.54) is 24.9 Å². The van der Waals surface area contributed by atoms with Gasteiger partial charge in [-0.05, 0) is 30.9 Å². The number of piperidine rings is 1. The smallest absolute Gasteiger partial charge is 0.221 e. The quantitative estimate of drug-likeness (QED) is 0.839. The number of carbonyl (C=O) groups excluding carboxylic acids is 1. The SMILES string of the molecule is NC(=O)Cc1ccccc1N1CCCCC1. The standard InChI is InChI=1S/C13H18N2O/c14-13(16)10-11-6-2-3-7-12(11)15-8-4-1-5-9-15/h2-3,6-7H,1,4-5,8-10H2,(H2,14,16). The fourth-order valence-corrected chi connectivity index (χ4v) is 2.29. The number of para-hydroxylation sites is 1. The molecule has 1 aliphatic heterocycles. The van der Waals surface area contributed by atoms with Crippen LogP contribution < -0.4 is 10.6 Å². The first-order valence-corrected chi connectivity index (χ1v) is 5.88. The minimum atomic E-state index is -0.260.